The number of amides is 1. The molecule has 0 spiro atoms. The van der Waals surface area contributed by atoms with Gasteiger partial charge in [0.15, 0.2) is 0 Å². The molecule has 1 atom stereocenters. The fourth-order valence-electron chi connectivity index (χ4n) is 3.05. The van der Waals surface area contributed by atoms with E-state index in [1.54, 1.807) is 0 Å². The number of hydrogen-bond acceptors (Lipinski definition) is 3. The molecule has 2 aromatic rings. The summed E-state index contributed by atoms with van der Waals surface area (Å²) in [6.45, 7) is 3.39. The number of ether oxygens (including phenoxy) is 1. The van der Waals surface area contributed by atoms with Crippen LogP contribution in [0.2, 0.25) is 0 Å². The number of aromatic nitrogens is 1. The normalized spacial score (nSPS) is 17.0. The van der Waals surface area contributed by atoms with Crippen LogP contribution in [-0.2, 0) is 11.2 Å². The zero-order valence-corrected chi connectivity index (χ0v) is 14.1. The van der Waals surface area contributed by atoms with E-state index in [4.69, 9.17) is 4.74 Å². The molecule has 1 aliphatic rings. The second kappa shape index (κ2) is 7.95. The van der Waals surface area contributed by atoms with Crippen molar-refractivity contribution in [2.75, 3.05) is 13.1 Å². The van der Waals surface area contributed by atoms with E-state index in [1.165, 1.54) is 5.56 Å². The lowest BCUT2D eigenvalue weighted by molar-refractivity contribution is -0.130. The lowest BCUT2D eigenvalue weighted by Crippen LogP contribution is -2.30. The Hall–Kier alpha value is -2.36. The van der Waals surface area contributed by atoms with Crippen LogP contribution in [0, 0.1) is 6.92 Å². The van der Waals surface area contributed by atoms with E-state index in [0.29, 0.717) is 18.8 Å². The summed E-state index contributed by atoms with van der Waals surface area (Å²) in [6, 6.07) is 16.1. The molecule has 0 saturated carbocycles. The number of likely N-dealkylation sites (tertiary alicyclic amines) is 1. The van der Waals surface area contributed by atoms with Gasteiger partial charge in [-0.05, 0) is 31.4 Å². The molecule has 0 aliphatic carbocycles. The average Bonchev–Trinajstić information content (AvgIpc) is 3.04. The number of rotatable bonds is 6. The lowest BCUT2D eigenvalue weighted by atomic mass is 10.1. The van der Waals surface area contributed by atoms with E-state index >= 15 is 0 Å². The summed E-state index contributed by atoms with van der Waals surface area (Å²) < 4.78 is 5.91. The molecule has 1 aromatic carbocycles. The maximum Gasteiger partial charge on any atom is 0.222 e. The fourth-order valence-corrected chi connectivity index (χ4v) is 3.05. The van der Waals surface area contributed by atoms with E-state index in [1.807, 2.05) is 48.2 Å². The molecule has 126 valence electrons. The standard InChI is InChI=1S/C20H24N2O2/c1-16-7-5-11-19(21-16)24-18-13-14-22(15-18)20(23)12-6-10-17-8-3-2-4-9-17/h2-5,7-9,11,18H,6,10,12-15H2,1H3. The summed E-state index contributed by atoms with van der Waals surface area (Å²) >= 11 is 0. The van der Waals surface area contributed by atoms with Crippen LogP contribution < -0.4 is 4.74 Å². The SMILES string of the molecule is Cc1cccc(OC2CCN(C(=O)CCCc3ccccc3)C2)n1. The van der Waals surface area contributed by atoms with Crippen LogP contribution in [0.3, 0.4) is 0 Å². The van der Waals surface area contributed by atoms with Gasteiger partial charge in [0.2, 0.25) is 11.8 Å². The Bertz CT molecular complexity index is 672. The Morgan fingerprint density at radius 2 is 2.04 bits per heavy atom. The lowest BCUT2D eigenvalue weighted by Gasteiger charge is -2.17. The van der Waals surface area contributed by atoms with Gasteiger partial charge >= 0.3 is 0 Å². The first-order chi connectivity index (χ1) is 11.7. The average molecular weight is 324 g/mol. The molecular weight excluding hydrogens is 300 g/mol. The third-order valence-corrected chi connectivity index (χ3v) is 4.35. The van der Waals surface area contributed by atoms with E-state index < -0.39 is 0 Å². The smallest absolute Gasteiger partial charge is 0.222 e. The molecule has 1 saturated heterocycles. The predicted octanol–water partition coefficient (Wildman–Crippen LogP) is 3.39. The minimum atomic E-state index is 0.0531. The second-order valence-corrected chi connectivity index (χ2v) is 6.32. The Kier molecular flexibility index (Phi) is 5.47. The largest absolute Gasteiger partial charge is 0.472 e. The first-order valence-corrected chi connectivity index (χ1v) is 8.63. The maximum atomic E-state index is 12.3. The van der Waals surface area contributed by atoms with Crippen LogP contribution in [0.15, 0.2) is 48.5 Å². The number of carbonyl (C=O) groups excluding carboxylic acids is 1. The van der Waals surface area contributed by atoms with Gasteiger partial charge in [0.25, 0.3) is 0 Å². The highest BCUT2D eigenvalue weighted by atomic mass is 16.5. The fraction of sp³-hybridized carbons (Fsp3) is 0.400. The van der Waals surface area contributed by atoms with Crippen LogP contribution in [-0.4, -0.2) is 35.0 Å². The minimum Gasteiger partial charge on any atom is -0.472 e. The molecule has 1 amide bonds. The zero-order valence-electron chi connectivity index (χ0n) is 14.1. The summed E-state index contributed by atoms with van der Waals surface area (Å²) in [6.07, 6.45) is 3.37. The molecule has 1 unspecified atom stereocenters. The zero-order chi connectivity index (χ0) is 16.8. The van der Waals surface area contributed by atoms with Crippen molar-refractivity contribution >= 4 is 5.91 Å². The summed E-state index contributed by atoms with van der Waals surface area (Å²) in [5, 5.41) is 0. The number of hydrogen-bond donors (Lipinski definition) is 0. The minimum absolute atomic E-state index is 0.0531. The van der Waals surface area contributed by atoms with Crippen molar-refractivity contribution in [2.24, 2.45) is 0 Å². The molecule has 4 heteroatoms. The molecule has 3 rings (SSSR count). The van der Waals surface area contributed by atoms with Gasteiger partial charge in [-0.15, -0.1) is 0 Å². The van der Waals surface area contributed by atoms with Crippen LogP contribution in [0.25, 0.3) is 0 Å². The monoisotopic (exact) mass is 324 g/mol. The van der Waals surface area contributed by atoms with Crippen LogP contribution >= 0.6 is 0 Å². The highest BCUT2D eigenvalue weighted by Gasteiger charge is 2.27. The van der Waals surface area contributed by atoms with Gasteiger partial charge in [-0.3, -0.25) is 4.79 Å². The highest BCUT2D eigenvalue weighted by molar-refractivity contribution is 5.76. The molecule has 24 heavy (non-hydrogen) atoms. The topological polar surface area (TPSA) is 42.4 Å². The molecule has 1 fully saturated rings. The number of pyridine rings is 1. The van der Waals surface area contributed by atoms with E-state index in [0.717, 1.165) is 31.5 Å². The van der Waals surface area contributed by atoms with Crippen molar-refractivity contribution in [2.45, 2.75) is 38.7 Å². The van der Waals surface area contributed by atoms with Gasteiger partial charge < -0.3 is 9.64 Å². The van der Waals surface area contributed by atoms with Crippen molar-refractivity contribution in [1.82, 2.24) is 9.88 Å². The van der Waals surface area contributed by atoms with Crippen molar-refractivity contribution < 1.29 is 9.53 Å². The van der Waals surface area contributed by atoms with Crippen LogP contribution in [0.4, 0.5) is 0 Å². The number of carbonyl (C=O) groups is 1. The first-order valence-electron chi connectivity index (χ1n) is 8.63. The van der Waals surface area contributed by atoms with Gasteiger partial charge in [0.1, 0.15) is 6.10 Å². The predicted molar refractivity (Wildman–Crippen MR) is 94.0 cm³/mol. The molecule has 1 aromatic heterocycles. The maximum absolute atomic E-state index is 12.3. The van der Waals surface area contributed by atoms with Crippen LogP contribution in [0.5, 0.6) is 5.88 Å². The molecule has 0 bridgehead atoms. The Labute approximate surface area is 143 Å². The van der Waals surface area contributed by atoms with Gasteiger partial charge in [-0.25, -0.2) is 4.98 Å². The second-order valence-electron chi connectivity index (χ2n) is 6.32. The molecule has 0 radical (unpaired) electrons. The van der Waals surface area contributed by atoms with Crippen molar-refractivity contribution in [1.29, 1.82) is 0 Å². The highest BCUT2D eigenvalue weighted by Crippen LogP contribution is 2.18. The quantitative estimate of drug-likeness (QED) is 0.818. The Morgan fingerprint density at radius 1 is 1.21 bits per heavy atom. The summed E-state index contributed by atoms with van der Waals surface area (Å²) in [5.74, 6) is 0.882. The van der Waals surface area contributed by atoms with Gasteiger partial charge in [-0.2, -0.15) is 0 Å². The van der Waals surface area contributed by atoms with E-state index in [-0.39, 0.29) is 12.0 Å². The number of nitrogens with zero attached hydrogens (tertiary/aromatic N) is 2. The van der Waals surface area contributed by atoms with Crippen molar-refractivity contribution in [3.8, 4) is 5.88 Å². The van der Waals surface area contributed by atoms with Crippen molar-refractivity contribution in [3.63, 3.8) is 0 Å². The summed E-state index contributed by atoms with van der Waals surface area (Å²) in [7, 11) is 0. The third kappa shape index (κ3) is 4.57. The molecule has 0 N–H and O–H groups in total. The molecule has 2 heterocycles. The molecular formula is C20H24N2O2. The first kappa shape index (κ1) is 16.5. The van der Waals surface area contributed by atoms with Gasteiger partial charge in [0, 0.05) is 31.1 Å². The summed E-state index contributed by atoms with van der Waals surface area (Å²) in [5.41, 5.74) is 2.23. The Morgan fingerprint density at radius 3 is 2.83 bits per heavy atom. The van der Waals surface area contributed by atoms with Crippen molar-refractivity contribution in [3.05, 3.63) is 59.8 Å². The summed E-state index contributed by atoms with van der Waals surface area (Å²) in [4.78, 5) is 18.6. The van der Waals surface area contributed by atoms with E-state index in [2.05, 4.69) is 17.1 Å². The van der Waals surface area contributed by atoms with Gasteiger partial charge in [-0.1, -0.05) is 36.4 Å². The number of aryl methyl sites for hydroxylation is 2. The van der Waals surface area contributed by atoms with E-state index in [9.17, 15) is 4.79 Å². The molecule has 1 aliphatic heterocycles. The number of benzene rings is 1. The molecule has 4 nitrogen and oxygen atoms in total. The van der Waals surface area contributed by atoms with Gasteiger partial charge in [0.05, 0.1) is 6.54 Å². The Balaban J connectivity index is 1.42. The van der Waals surface area contributed by atoms with Crippen LogP contribution in [0.1, 0.15) is 30.5 Å². The third-order valence-electron chi connectivity index (χ3n) is 4.35.